The van der Waals surface area contributed by atoms with Crippen molar-refractivity contribution < 1.29 is 9.53 Å². The molecule has 0 saturated carbocycles. The van der Waals surface area contributed by atoms with Crippen molar-refractivity contribution in [2.75, 3.05) is 0 Å². The van der Waals surface area contributed by atoms with Crippen LogP contribution >= 0.6 is 0 Å². The van der Waals surface area contributed by atoms with Crippen molar-refractivity contribution in [2.45, 2.75) is 13.5 Å². The van der Waals surface area contributed by atoms with E-state index in [-0.39, 0.29) is 6.61 Å². The fourth-order valence-electron chi connectivity index (χ4n) is 1.26. The average Bonchev–Trinajstić information content (AvgIpc) is 2.79. The molecule has 0 aliphatic heterocycles. The Balaban J connectivity index is 1.95. The minimum absolute atomic E-state index is 0.165. The van der Waals surface area contributed by atoms with E-state index in [1.165, 1.54) is 23.3 Å². The van der Waals surface area contributed by atoms with Crippen molar-refractivity contribution in [1.29, 1.82) is 0 Å². The lowest BCUT2D eigenvalue weighted by Crippen LogP contribution is -2.12. The first-order valence-corrected chi connectivity index (χ1v) is 4.82. The summed E-state index contributed by atoms with van der Waals surface area (Å²) in [4.78, 5) is 19.3. The van der Waals surface area contributed by atoms with Crippen molar-refractivity contribution >= 4 is 6.09 Å². The van der Waals surface area contributed by atoms with Crippen molar-refractivity contribution in [2.24, 2.45) is 0 Å². The van der Waals surface area contributed by atoms with E-state index in [1.807, 2.05) is 19.1 Å². The highest BCUT2D eigenvalue weighted by atomic mass is 16.5. The number of carbonyl (C=O) groups is 1. The summed E-state index contributed by atoms with van der Waals surface area (Å²) in [6.07, 6.45) is 5.68. The third kappa shape index (κ3) is 2.44. The first-order chi connectivity index (χ1) is 7.75. The number of hydrogen-bond acceptors (Lipinski definition) is 4. The van der Waals surface area contributed by atoms with Gasteiger partial charge in [-0.2, -0.15) is 0 Å². The minimum atomic E-state index is -0.458. The molecule has 16 heavy (non-hydrogen) atoms. The molecule has 0 aliphatic carbocycles. The zero-order chi connectivity index (χ0) is 11.4. The van der Waals surface area contributed by atoms with Crippen LogP contribution in [0.15, 0.2) is 37.1 Å². The van der Waals surface area contributed by atoms with Crippen LogP contribution in [-0.2, 0) is 11.3 Å². The van der Waals surface area contributed by atoms with E-state index < -0.39 is 6.09 Å². The number of hydrogen-bond donors (Lipinski definition) is 0. The maximum Gasteiger partial charge on any atom is 0.419 e. The summed E-state index contributed by atoms with van der Waals surface area (Å²) in [5.41, 5.74) is 1.82. The Morgan fingerprint density at radius 1 is 1.50 bits per heavy atom. The molecule has 0 bridgehead atoms. The Kier molecular flexibility index (Phi) is 2.95. The highest BCUT2D eigenvalue weighted by Gasteiger charge is 2.05. The molecule has 0 aromatic carbocycles. The SMILES string of the molecule is Cc1ccnc(COC(=O)n2ccnc2)c1. The van der Waals surface area contributed by atoms with E-state index in [9.17, 15) is 4.79 Å². The number of imidazole rings is 1. The Morgan fingerprint density at radius 3 is 3.06 bits per heavy atom. The fraction of sp³-hybridized carbons (Fsp3) is 0.182. The minimum Gasteiger partial charge on any atom is -0.442 e. The third-order valence-corrected chi connectivity index (χ3v) is 2.03. The summed E-state index contributed by atoms with van der Waals surface area (Å²) in [5, 5.41) is 0. The number of pyridine rings is 1. The molecule has 0 aliphatic rings. The van der Waals surface area contributed by atoms with Gasteiger partial charge in [0.1, 0.15) is 12.9 Å². The van der Waals surface area contributed by atoms with Crippen LogP contribution in [0.4, 0.5) is 4.79 Å². The molecule has 0 N–H and O–H groups in total. The molecule has 0 unspecified atom stereocenters. The summed E-state index contributed by atoms with van der Waals surface area (Å²) in [5.74, 6) is 0. The molecular weight excluding hydrogens is 206 g/mol. The van der Waals surface area contributed by atoms with Crippen molar-refractivity contribution in [1.82, 2.24) is 14.5 Å². The average molecular weight is 217 g/mol. The molecule has 2 aromatic heterocycles. The zero-order valence-electron chi connectivity index (χ0n) is 8.83. The number of aryl methyl sites for hydroxylation is 1. The summed E-state index contributed by atoms with van der Waals surface area (Å²) in [7, 11) is 0. The second-order valence-electron chi connectivity index (χ2n) is 3.35. The maximum atomic E-state index is 11.4. The van der Waals surface area contributed by atoms with Gasteiger partial charge in [-0.25, -0.2) is 14.3 Å². The predicted octanol–water partition coefficient (Wildman–Crippen LogP) is 1.77. The molecule has 2 heterocycles. The molecule has 2 aromatic rings. The zero-order valence-corrected chi connectivity index (χ0v) is 8.83. The van der Waals surface area contributed by atoms with Gasteiger partial charge in [-0.05, 0) is 24.6 Å². The van der Waals surface area contributed by atoms with Gasteiger partial charge >= 0.3 is 6.09 Å². The van der Waals surface area contributed by atoms with Crippen LogP contribution in [0.5, 0.6) is 0 Å². The molecule has 0 fully saturated rings. The van der Waals surface area contributed by atoms with Crippen LogP contribution in [0.1, 0.15) is 11.3 Å². The number of ether oxygens (including phenoxy) is 1. The molecule has 5 nitrogen and oxygen atoms in total. The lowest BCUT2D eigenvalue weighted by Gasteiger charge is -2.04. The van der Waals surface area contributed by atoms with Gasteiger partial charge in [0.15, 0.2) is 0 Å². The van der Waals surface area contributed by atoms with Crippen LogP contribution in [0.25, 0.3) is 0 Å². The normalized spacial score (nSPS) is 10.1. The van der Waals surface area contributed by atoms with Gasteiger partial charge in [0.25, 0.3) is 0 Å². The van der Waals surface area contributed by atoms with E-state index in [2.05, 4.69) is 9.97 Å². The van der Waals surface area contributed by atoms with Gasteiger partial charge in [-0.3, -0.25) is 4.98 Å². The number of nitrogens with zero attached hydrogens (tertiary/aromatic N) is 3. The lowest BCUT2D eigenvalue weighted by molar-refractivity contribution is 0.140. The molecule has 2 rings (SSSR count). The van der Waals surface area contributed by atoms with Crippen molar-refractivity contribution in [3.63, 3.8) is 0 Å². The monoisotopic (exact) mass is 217 g/mol. The second-order valence-corrected chi connectivity index (χ2v) is 3.35. The first-order valence-electron chi connectivity index (χ1n) is 4.82. The number of rotatable bonds is 2. The summed E-state index contributed by atoms with van der Waals surface area (Å²) in [6, 6.07) is 3.77. The van der Waals surface area contributed by atoms with Crippen LogP contribution in [-0.4, -0.2) is 20.6 Å². The first kappa shape index (κ1) is 10.4. The van der Waals surface area contributed by atoms with Crippen molar-refractivity contribution in [3.05, 3.63) is 48.3 Å². The van der Waals surface area contributed by atoms with E-state index >= 15 is 0 Å². The third-order valence-electron chi connectivity index (χ3n) is 2.03. The quantitative estimate of drug-likeness (QED) is 0.769. The van der Waals surface area contributed by atoms with Gasteiger partial charge in [0.2, 0.25) is 0 Å². The Bertz CT molecular complexity index is 480. The molecular formula is C11H11N3O2. The van der Waals surface area contributed by atoms with E-state index in [1.54, 1.807) is 6.20 Å². The highest BCUT2D eigenvalue weighted by Crippen LogP contribution is 2.02. The molecule has 5 heteroatoms. The van der Waals surface area contributed by atoms with Crippen LogP contribution in [0, 0.1) is 6.92 Å². The van der Waals surface area contributed by atoms with Gasteiger partial charge < -0.3 is 4.74 Å². The van der Waals surface area contributed by atoms with Crippen LogP contribution in [0.2, 0.25) is 0 Å². The van der Waals surface area contributed by atoms with Gasteiger partial charge in [0, 0.05) is 18.6 Å². The Hall–Kier alpha value is -2.17. The van der Waals surface area contributed by atoms with Crippen LogP contribution < -0.4 is 0 Å². The topological polar surface area (TPSA) is 57.0 Å². The number of aromatic nitrogens is 3. The van der Waals surface area contributed by atoms with Gasteiger partial charge in [0.05, 0.1) is 5.69 Å². The largest absolute Gasteiger partial charge is 0.442 e. The molecule has 82 valence electrons. The summed E-state index contributed by atoms with van der Waals surface area (Å²) < 4.78 is 6.32. The predicted molar refractivity (Wildman–Crippen MR) is 56.8 cm³/mol. The summed E-state index contributed by atoms with van der Waals surface area (Å²) in [6.45, 7) is 2.13. The molecule has 0 spiro atoms. The number of carbonyl (C=O) groups excluding carboxylic acids is 1. The second kappa shape index (κ2) is 4.57. The van der Waals surface area contributed by atoms with E-state index in [0.717, 1.165) is 11.3 Å². The van der Waals surface area contributed by atoms with E-state index in [0.29, 0.717) is 0 Å². The summed E-state index contributed by atoms with van der Waals surface area (Å²) >= 11 is 0. The van der Waals surface area contributed by atoms with Gasteiger partial charge in [-0.15, -0.1) is 0 Å². The lowest BCUT2D eigenvalue weighted by atomic mass is 10.2. The van der Waals surface area contributed by atoms with Gasteiger partial charge in [-0.1, -0.05) is 0 Å². The molecule has 0 atom stereocenters. The fourth-order valence-corrected chi connectivity index (χ4v) is 1.26. The highest BCUT2D eigenvalue weighted by molar-refractivity contribution is 5.69. The van der Waals surface area contributed by atoms with Crippen molar-refractivity contribution in [3.8, 4) is 0 Å². The standard InChI is InChI=1S/C11H11N3O2/c1-9-2-3-13-10(6-9)7-16-11(15)14-5-4-12-8-14/h2-6,8H,7H2,1H3. The Labute approximate surface area is 92.7 Å². The Morgan fingerprint density at radius 2 is 2.38 bits per heavy atom. The van der Waals surface area contributed by atoms with E-state index in [4.69, 9.17) is 4.74 Å². The van der Waals surface area contributed by atoms with Crippen LogP contribution in [0.3, 0.4) is 0 Å². The molecule has 0 amide bonds. The smallest absolute Gasteiger partial charge is 0.419 e. The molecule has 0 radical (unpaired) electrons. The maximum absolute atomic E-state index is 11.4. The molecule has 0 saturated heterocycles.